The van der Waals surface area contributed by atoms with E-state index in [1.807, 2.05) is 20.8 Å². The number of esters is 1. The van der Waals surface area contributed by atoms with Gasteiger partial charge in [0.25, 0.3) is 0 Å². The van der Waals surface area contributed by atoms with Crippen molar-refractivity contribution in [2.75, 3.05) is 12.4 Å². The highest BCUT2D eigenvalue weighted by Crippen LogP contribution is 2.26. The van der Waals surface area contributed by atoms with Crippen molar-refractivity contribution in [1.82, 2.24) is 0 Å². The number of nitrogens with one attached hydrogen (secondary N) is 1. The van der Waals surface area contributed by atoms with Crippen LogP contribution in [0.15, 0.2) is 6.07 Å². The lowest BCUT2D eigenvalue weighted by Crippen LogP contribution is -2.03. The third-order valence-corrected chi connectivity index (χ3v) is 4.36. The predicted molar refractivity (Wildman–Crippen MR) is 93.7 cm³/mol. The first-order valence-electron chi connectivity index (χ1n) is 7.97. The average molecular weight is 327 g/mol. The normalized spacial score (nSPS) is 13.9. The van der Waals surface area contributed by atoms with Gasteiger partial charge in [0, 0.05) is 4.88 Å². The summed E-state index contributed by atoms with van der Waals surface area (Å²) in [6.45, 7) is 8.21. The van der Waals surface area contributed by atoms with E-state index >= 15 is 0 Å². The number of ether oxygens (including phenoxy) is 1. The lowest BCUT2D eigenvalue weighted by atomic mass is 9.91. The molecule has 0 bridgehead atoms. The van der Waals surface area contributed by atoms with E-state index in [1.54, 1.807) is 6.07 Å². The molecule has 4 nitrogen and oxygen atoms in total. The van der Waals surface area contributed by atoms with Crippen LogP contribution < -0.4 is 5.32 Å². The van der Waals surface area contributed by atoms with Gasteiger partial charge in [-0.3, -0.25) is 4.79 Å². The number of methoxy groups -OCH3 is 1. The molecule has 0 saturated heterocycles. The molecule has 0 aromatic carbocycles. The highest BCUT2D eigenvalue weighted by atomic mass is 32.1. The van der Waals surface area contributed by atoms with Crippen LogP contribution in [-0.4, -0.2) is 19.5 Å². The highest BCUT2D eigenvalue weighted by molar-refractivity contribution is 7.14. The van der Waals surface area contributed by atoms with Gasteiger partial charge < -0.3 is 10.1 Å². The summed E-state index contributed by atoms with van der Waals surface area (Å²) < 4.78 is 4.55. The minimum Gasteiger partial charge on any atom is -0.465 e. The Kier molecular flexibility index (Phi) is 11.5. The van der Waals surface area contributed by atoms with Gasteiger partial charge in [-0.1, -0.05) is 52.9 Å². The number of anilines is 1. The number of carbonyl (C=O) groups is 2. The van der Waals surface area contributed by atoms with Gasteiger partial charge in [0.15, 0.2) is 0 Å². The summed E-state index contributed by atoms with van der Waals surface area (Å²) in [5, 5.41) is 2.44. The maximum atomic E-state index is 11.2. The molecule has 0 aliphatic heterocycles. The van der Waals surface area contributed by atoms with Crippen LogP contribution in [0.25, 0.3) is 0 Å². The molecule has 1 aliphatic rings. The molecule has 1 heterocycles. The molecule has 0 unspecified atom stereocenters. The van der Waals surface area contributed by atoms with Crippen molar-refractivity contribution in [2.45, 2.75) is 59.8 Å². The zero-order valence-corrected chi connectivity index (χ0v) is 15.2. The summed E-state index contributed by atoms with van der Waals surface area (Å²) in [6, 6.07) is 1.73. The van der Waals surface area contributed by atoms with Crippen molar-refractivity contribution in [2.24, 2.45) is 5.92 Å². The summed E-state index contributed by atoms with van der Waals surface area (Å²) in [4.78, 5) is 22.7. The summed E-state index contributed by atoms with van der Waals surface area (Å²) in [7, 11) is 1.31. The Bertz CT molecular complexity index is 437. The number of hydrogen-bond acceptors (Lipinski definition) is 4. The predicted octanol–water partition coefficient (Wildman–Crippen LogP) is 5.02. The Hall–Kier alpha value is -1.36. The zero-order valence-electron chi connectivity index (χ0n) is 14.4. The van der Waals surface area contributed by atoms with Crippen molar-refractivity contribution in [3.8, 4) is 0 Å². The maximum Gasteiger partial charge on any atom is 0.350 e. The molecular formula is C17H29NO3S. The zero-order chi connectivity index (χ0) is 17.0. The molecule has 0 radical (unpaired) electrons. The fourth-order valence-electron chi connectivity index (χ4n) is 2.24. The lowest BCUT2D eigenvalue weighted by Gasteiger charge is -2.15. The standard InChI is InChI=1S/C8H9NO3S.C7H14.C2H6/c1-5-3-6(9-4-10)7(13-5)8(11)12-2;1-7-5-3-2-4-6-7;1-2/h3-4H,1-2H3,(H,9,10);7H,2-6H2,1H3;1-2H3. The monoisotopic (exact) mass is 327 g/mol. The van der Waals surface area contributed by atoms with E-state index in [2.05, 4.69) is 17.0 Å². The molecule has 5 heteroatoms. The molecule has 22 heavy (non-hydrogen) atoms. The number of rotatable bonds is 3. The highest BCUT2D eigenvalue weighted by Gasteiger charge is 2.14. The van der Waals surface area contributed by atoms with Crippen molar-refractivity contribution in [1.29, 1.82) is 0 Å². The molecule has 1 amide bonds. The first kappa shape index (κ1) is 20.6. The van der Waals surface area contributed by atoms with Crippen LogP contribution in [-0.2, 0) is 9.53 Å². The Labute approximate surface area is 138 Å². The summed E-state index contributed by atoms with van der Waals surface area (Å²) in [5.74, 6) is 0.608. The molecule has 126 valence electrons. The van der Waals surface area contributed by atoms with Crippen LogP contribution in [0.2, 0.25) is 0 Å². The Morgan fingerprint density at radius 1 is 1.32 bits per heavy atom. The van der Waals surface area contributed by atoms with Crippen molar-refractivity contribution < 1.29 is 14.3 Å². The van der Waals surface area contributed by atoms with Gasteiger partial charge in [0.2, 0.25) is 6.41 Å². The minimum atomic E-state index is -0.428. The number of carbonyl (C=O) groups excluding carboxylic acids is 2. The lowest BCUT2D eigenvalue weighted by molar-refractivity contribution is -0.105. The largest absolute Gasteiger partial charge is 0.465 e. The van der Waals surface area contributed by atoms with E-state index in [0.717, 1.165) is 10.8 Å². The van der Waals surface area contributed by atoms with Crippen LogP contribution in [0.1, 0.15) is 67.4 Å². The number of aryl methyl sites for hydroxylation is 1. The third kappa shape index (κ3) is 7.59. The second-order valence-corrected chi connectivity index (χ2v) is 6.35. The molecular weight excluding hydrogens is 298 g/mol. The van der Waals surface area contributed by atoms with E-state index in [4.69, 9.17) is 0 Å². The van der Waals surface area contributed by atoms with Crippen LogP contribution in [0.4, 0.5) is 5.69 Å². The van der Waals surface area contributed by atoms with Crippen molar-refractivity contribution in [3.63, 3.8) is 0 Å². The van der Waals surface area contributed by atoms with Gasteiger partial charge in [0.1, 0.15) is 4.88 Å². The molecule has 1 aromatic rings. The fourth-order valence-corrected chi connectivity index (χ4v) is 3.13. The Morgan fingerprint density at radius 3 is 2.32 bits per heavy atom. The SMILES string of the molecule is CC.CC1CCCCC1.COC(=O)c1sc(C)cc1NC=O. The summed E-state index contributed by atoms with van der Waals surface area (Å²) in [6.07, 6.45) is 7.97. The number of thiophene rings is 1. The fraction of sp³-hybridized carbons (Fsp3) is 0.647. The quantitative estimate of drug-likeness (QED) is 0.626. The van der Waals surface area contributed by atoms with Gasteiger partial charge >= 0.3 is 5.97 Å². The molecule has 1 fully saturated rings. The van der Waals surface area contributed by atoms with Gasteiger partial charge in [-0.15, -0.1) is 11.3 Å². The second kappa shape index (κ2) is 12.2. The van der Waals surface area contributed by atoms with Crippen molar-refractivity contribution >= 4 is 29.4 Å². The second-order valence-electron chi connectivity index (χ2n) is 5.10. The number of hydrogen-bond donors (Lipinski definition) is 1. The third-order valence-electron chi connectivity index (χ3n) is 3.33. The van der Waals surface area contributed by atoms with Crippen LogP contribution in [0, 0.1) is 12.8 Å². The molecule has 2 rings (SSSR count). The van der Waals surface area contributed by atoms with Crippen molar-refractivity contribution in [3.05, 3.63) is 15.8 Å². The topological polar surface area (TPSA) is 55.4 Å². The number of amides is 1. The average Bonchev–Trinajstić information content (AvgIpc) is 2.91. The van der Waals surface area contributed by atoms with E-state index in [9.17, 15) is 9.59 Å². The molecule has 0 spiro atoms. The van der Waals surface area contributed by atoms with Crippen LogP contribution in [0.3, 0.4) is 0 Å². The van der Waals surface area contributed by atoms with Crippen LogP contribution >= 0.6 is 11.3 Å². The molecule has 0 atom stereocenters. The smallest absolute Gasteiger partial charge is 0.350 e. The van der Waals surface area contributed by atoms with E-state index in [1.165, 1.54) is 50.6 Å². The van der Waals surface area contributed by atoms with Gasteiger partial charge in [-0.25, -0.2) is 4.79 Å². The minimum absolute atomic E-state index is 0.423. The Morgan fingerprint density at radius 2 is 1.91 bits per heavy atom. The van der Waals surface area contributed by atoms with E-state index in [0.29, 0.717) is 17.0 Å². The van der Waals surface area contributed by atoms with Gasteiger partial charge in [0.05, 0.1) is 12.8 Å². The maximum absolute atomic E-state index is 11.2. The Balaban J connectivity index is 0.000000412. The van der Waals surface area contributed by atoms with E-state index in [-0.39, 0.29) is 0 Å². The molecule has 1 N–H and O–H groups in total. The van der Waals surface area contributed by atoms with Gasteiger partial charge in [-0.2, -0.15) is 0 Å². The summed E-state index contributed by atoms with van der Waals surface area (Å²) >= 11 is 1.29. The first-order valence-corrected chi connectivity index (χ1v) is 8.79. The van der Waals surface area contributed by atoms with Crippen LogP contribution in [0.5, 0.6) is 0 Å². The van der Waals surface area contributed by atoms with Gasteiger partial charge in [-0.05, 0) is 18.9 Å². The molecule has 1 aromatic heterocycles. The van der Waals surface area contributed by atoms with E-state index < -0.39 is 5.97 Å². The first-order chi connectivity index (χ1) is 10.6. The molecule has 1 aliphatic carbocycles. The summed E-state index contributed by atoms with van der Waals surface area (Å²) in [5.41, 5.74) is 0.504. The molecule has 1 saturated carbocycles.